The Morgan fingerprint density at radius 1 is 1.00 bits per heavy atom. The third kappa shape index (κ3) is 5.68. The van der Waals surface area contributed by atoms with Crippen LogP contribution in [0.1, 0.15) is 34.1 Å². The fourth-order valence-corrected chi connectivity index (χ4v) is 2.32. The lowest BCUT2D eigenvalue weighted by Crippen LogP contribution is -2.49. The number of rotatable bonds is 8. The zero-order valence-electron chi connectivity index (χ0n) is 14.2. The minimum atomic E-state index is -1.01. The van der Waals surface area contributed by atoms with E-state index in [2.05, 4.69) is 10.9 Å². The first-order chi connectivity index (χ1) is 12.5. The van der Waals surface area contributed by atoms with Crippen LogP contribution in [0.5, 0.6) is 0 Å². The summed E-state index contributed by atoms with van der Waals surface area (Å²) in [6.07, 6.45) is -0.171. The number of ether oxygens (including phenoxy) is 1. The summed E-state index contributed by atoms with van der Waals surface area (Å²) in [4.78, 5) is 36.6. The summed E-state index contributed by atoms with van der Waals surface area (Å²) in [6.45, 7) is 1.83. The number of carbonyl (C=O) groups is 3. The van der Waals surface area contributed by atoms with Gasteiger partial charge in [-0.3, -0.25) is 19.8 Å². The van der Waals surface area contributed by atoms with Crippen molar-refractivity contribution in [2.75, 3.05) is 6.61 Å². The number of hydrogen-bond donors (Lipinski definition) is 2. The largest absolute Gasteiger partial charge is 0.465 e. The van der Waals surface area contributed by atoms with Gasteiger partial charge in [0, 0.05) is 22.6 Å². The van der Waals surface area contributed by atoms with Crippen molar-refractivity contribution in [2.45, 2.75) is 19.4 Å². The van der Waals surface area contributed by atoms with Crippen LogP contribution in [0, 0.1) is 0 Å². The van der Waals surface area contributed by atoms with Gasteiger partial charge in [-0.1, -0.05) is 29.8 Å². The van der Waals surface area contributed by atoms with E-state index in [0.29, 0.717) is 16.1 Å². The molecule has 1 atom stereocenters. The van der Waals surface area contributed by atoms with Gasteiger partial charge in [0.25, 0.3) is 5.91 Å². The van der Waals surface area contributed by atoms with Crippen molar-refractivity contribution < 1.29 is 19.1 Å². The number of hydrazine groups is 1. The molecule has 0 radical (unpaired) electrons. The summed E-state index contributed by atoms with van der Waals surface area (Å²) in [5.41, 5.74) is 5.87. The molecule has 0 spiro atoms. The van der Waals surface area contributed by atoms with Crippen LogP contribution in [-0.2, 0) is 9.53 Å². The Hall–Kier alpha value is -2.70. The molecule has 136 valence electrons. The molecule has 2 aromatic rings. The van der Waals surface area contributed by atoms with E-state index in [9.17, 15) is 14.4 Å². The van der Waals surface area contributed by atoms with Gasteiger partial charge >= 0.3 is 5.97 Å². The van der Waals surface area contributed by atoms with Gasteiger partial charge in [-0.25, -0.2) is 5.43 Å². The van der Waals surface area contributed by atoms with E-state index in [0.717, 1.165) is 0 Å². The summed E-state index contributed by atoms with van der Waals surface area (Å²) in [7, 11) is 0. The second kappa shape index (κ2) is 9.70. The molecule has 7 heteroatoms. The van der Waals surface area contributed by atoms with Crippen molar-refractivity contribution in [2.24, 2.45) is 0 Å². The Labute approximate surface area is 156 Å². The molecule has 0 saturated heterocycles. The number of halogens is 1. The quantitative estimate of drug-likeness (QED) is 0.421. The Bertz CT molecular complexity index is 763. The molecule has 0 heterocycles. The van der Waals surface area contributed by atoms with Gasteiger partial charge in [-0.2, -0.15) is 0 Å². The molecule has 0 aliphatic carbocycles. The van der Waals surface area contributed by atoms with Gasteiger partial charge in [0.1, 0.15) is 6.04 Å². The summed E-state index contributed by atoms with van der Waals surface area (Å²) >= 11 is 5.81. The number of nitrogens with one attached hydrogen (secondary N) is 2. The monoisotopic (exact) mass is 374 g/mol. The van der Waals surface area contributed by atoms with Crippen LogP contribution in [0.2, 0.25) is 5.02 Å². The molecule has 0 aliphatic heterocycles. The summed E-state index contributed by atoms with van der Waals surface area (Å²) in [5.74, 6) is -1.32. The number of benzene rings is 2. The average molecular weight is 375 g/mol. The molecule has 1 amide bonds. The molecule has 0 saturated carbocycles. The van der Waals surface area contributed by atoms with Crippen molar-refractivity contribution >= 4 is 29.3 Å². The second-order valence-corrected chi connectivity index (χ2v) is 5.84. The lowest BCUT2D eigenvalue weighted by Gasteiger charge is -2.17. The predicted octanol–water partition coefficient (Wildman–Crippen LogP) is 2.78. The zero-order chi connectivity index (χ0) is 18.9. The van der Waals surface area contributed by atoms with Crippen molar-refractivity contribution in [3.63, 3.8) is 0 Å². The minimum Gasteiger partial charge on any atom is -0.465 e. The number of carbonyl (C=O) groups excluding carboxylic acids is 3. The van der Waals surface area contributed by atoms with Gasteiger partial charge in [0.05, 0.1) is 6.61 Å². The molecule has 0 bridgehead atoms. The highest BCUT2D eigenvalue weighted by Gasteiger charge is 2.24. The number of esters is 1. The van der Waals surface area contributed by atoms with Gasteiger partial charge < -0.3 is 4.74 Å². The van der Waals surface area contributed by atoms with Crippen LogP contribution in [0.3, 0.4) is 0 Å². The summed E-state index contributed by atoms with van der Waals surface area (Å²) in [5, 5.41) is 0.511. The number of amides is 1. The molecule has 0 aliphatic rings. The van der Waals surface area contributed by atoms with E-state index in [4.69, 9.17) is 16.3 Å². The Morgan fingerprint density at radius 2 is 1.65 bits per heavy atom. The Morgan fingerprint density at radius 3 is 2.27 bits per heavy atom. The van der Waals surface area contributed by atoms with E-state index in [1.807, 2.05) is 0 Å². The molecule has 1 unspecified atom stereocenters. The topological polar surface area (TPSA) is 84.5 Å². The van der Waals surface area contributed by atoms with Crippen molar-refractivity contribution in [1.29, 1.82) is 0 Å². The average Bonchev–Trinajstić information content (AvgIpc) is 2.66. The number of Topliss-reactive ketones (excluding diaryl/α,β-unsaturated/α-hetero) is 1. The second-order valence-electron chi connectivity index (χ2n) is 5.40. The maximum absolute atomic E-state index is 12.4. The van der Waals surface area contributed by atoms with E-state index in [1.165, 1.54) is 0 Å². The Kier molecular flexibility index (Phi) is 7.32. The molecule has 2 N–H and O–H groups in total. The fourth-order valence-electron chi connectivity index (χ4n) is 2.19. The Balaban J connectivity index is 2.03. The maximum Gasteiger partial charge on any atom is 0.325 e. The van der Waals surface area contributed by atoms with Crippen LogP contribution >= 0.6 is 11.6 Å². The van der Waals surface area contributed by atoms with E-state index >= 15 is 0 Å². The molecular weight excluding hydrogens is 356 g/mol. The highest BCUT2D eigenvalue weighted by molar-refractivity contribution is 6.30. The number of ketones is 1. The van der Waals surface area contributed by atoms with Gasteiger partial charge in [-0.15, -0.1) is 0 Å². The van der Waals surface area contributed by atoms with Gasteiger partial charge in [-0.05, 0) is 43.3 Å². The van der Waals surface area contributed by atoms with Crippen molar-refractivity contribution in [3.8, 4) is 0 Å². The number of hydrogen-bond acceptors (Lipinski definition) is 5. The van der Waals surface area contributed by atoms with E-state index in [-0.39, 0.29) is 18.8 Å². The molecule has 0 aromatic heterocycles. The SMILES string of the molecule is CCOC(=O)C(CC(=O)c1ccc(Cl)cc1)NNC(=O)c1ccccc1. The zero-order valence-corrected chi connectivity index (χ0v) is 15.0. The van der Waals surface area contributed by atoms with Crippen LogP contribution in [-0.4, -0.2) is 30.3 Å². The van der Waals surface area contributed by atoms with Gasteiger partial charge in [0.15, 0.2) is 5.78 Å². The molecule has 2 rings (SSSR count). The third-order valence-electron chi connectivity index (χ3n) is 3.52. The standard InChI is InChI=1S/C19H19ClN2O4/c1-2-26-19(25)16(12-17(23)13-8-10-15(20)11-9-13)21-22-18(24)14-6-4-3-5-7-14/h3-11,16,21H,2,12H2,1H3,(H,22,24). The molecule has 6 nitrogen and oxygen atoms in total. The molecule has 26 heavy (non-hydrogen) atoms. The smallest absolute Gasteiger partial charge is 0.325 e. The summed E-state index contributed by atoms with van der Waals surface area (Å²) < 4.78 is 4.97. The van der Waals surface area contributed by atoms with Crippen molar-refractivity contribution in [1.82, 2.24) is 10.9 Å². The predicted molar refractivity (Wildman–Crippen MR) is 97.9 cm³/mol. The highest BCUT2D eigenvalue weighted by atomic mass is 35.5. The fraction of sp³-hybridized carbons (Fsp3) is 0.211. The first kappa shape index (κ1) is 19.6. The molecule has 0 fully saturated rings. The third-order valence-corrected chi connectivity index (χ3v) is 3.77. The van der Waals surface area contributed by atoms with Gasteiger partial charge in [0.2, 0.25) is 0 Å². The normalized spacial score (nSPS) is 11.5. The van der Waals surface area contributed by atoms with Crippen LogP contribution in [0.25, 0.3) is 0 Å². The first-order valence-electron chi connectivity index (χ1n) is 8.07. The van der Waals surface area contributed by atoms with Crippen LogP contribution < -0.4 is 10.9 Å². The molecular formula is C19H19ClN2O4. The van der Waals surface area contributed by atoms with Crippen molar-refractivity contribution in [3.05, 3.63) is 70.7 Å². The minimum absolute atomic E-state index is 0.165. The van der Waals surface area contributed by atoms with Crippen LogP contribution in [0.15, 0.2) is 54.6 Å². The lowest BCUT2D eigenvalue weighted by atomic mass is 10.0. The van der Waals surface area contributed by atoms with Crippen LogP contribution in [0.4, 0.5) is 0 Å². The maximum atomic E-state index is 12.4. The highest BCUT2D eigenvalue weighted by Crippen LogP contribution is 2.12. The van der Waals surface area contributed by atoms with E-state index < -0.39 is 17.9 Å². The lowest BCUT2D eigenvalue weighted by molar-refractivity contribution is -0.145. The van der Waals surface area contributed by atoms with E-state index in [1.54, 1.807) is 61.5 Å². The first-order valence-corrected chi connectivity index (χ1v) is 8.45. The molecule has 2 aromatic carbocycles. The summed E-state index contributed by atoms with van der Waals surface area (Å²) in [6, 6.07) is 13.8.